The molecule has 0 unspecified atom stereocenters. The smallest absolute Gasteiger partial charge is 0.154 e. The minimum atomic E-state index is -0.877. The number of nitrogens with zero attached hydrogens (tertiary/aromatic N) is 6. The van der Waals surface area contributed by atoms with Gasteiger partial charge < -0.3 is 0 Å². The van der Waals surface area contributed by atoms with E-state index in [1.165, 1.54) is 30.9 Å². The summed E-state index contributed by atoms with van der Waals surface area (Å²) in [6, 6.07) is 127. The second kappa shape index (κ2) is 41.8. The Balaban J connectivity index is 0.000000164. The van der Waals surface area contributed by atoms with Gasteiger partial charge in [-0.05, 0) is 36.4 Å². The molecule has 0 N–H and O–H groups in total. The van der Waals surface area contributed by atoms with E-state index in [1.807, 2.05) is 206 Å². The number of hydrogen-bond donors (Lipinski definition) is 0. The van der Waals surface area contributed by atoms with E-state index in [1.54, 1.807) is 37.2 Å². The number of rotatable bonds is 11. The van der Waals surface area contributed by atoms with E-state index in [0.29, 0.717) is 0 Å². The molecule has 0 aliphatic carbocycles. The minimum Gasteiger partial charge on any atom is -0.295 e. The van der Waals surface area contributed by atoms with Crippen molar-refractivity contribution in [1.29, 1.82) is 0 Å². The minimum absolute atomic E-state index is 0. The summed E-state index contributed by atoms with van der Waals surface area (Å²) in [7, 11) is 1.29. The van der Waals surface area contributed by atoms with Gasteiger partial charge in [-0.15, -0.1) is 72.8 Å². The maximum absolute atomic E-state index is 4.33. The summed E-state index contributed by atoms with van der Waals surface area (Å²) < 4.78 is 1.20. The van der Waals surface area contributed by atoms with Crippen molar-refractivity contribution in [2.75, 3.05) is 0 Å². The number of aromatic nitrogens is 6. The number of hydrogen-bond acceptors (Lipinski definition) is 6. The van der Waals surface area contributed by atoms with Crippen molar-refractivity contribution in [2.24, 2.45) is 0 Å². The first kappa shape index (κ1) is 73.6. The SMILES string of the molecule is [B](c1ccccc1)c1ccccc1.[Ni].[Ni].[Ni].[Se]c1ccccc1.[c-]1c(-c2ccccn2)cccc1-c1ccccn1.[c-]1c(-c2ccccn2)cccc1-c1ccccn1.[c-]1c(-c2ccccn2)cccc1-c1ccccn1.c1ccc([Si](c2ccccc2)c2ccccc2)cc1. The van der Waals surface area contributed by atoms with Crippen LogP contribution in [0, 0.1) is 18.2 Å². The van der Waals surface area contributed by atoms with Crippen molar-refractivity contribution < 1.29 is 49.5 Å². The fourth-order valence-electron chi connectivity index (χ4n) is 9.46. The van der Waals surface area contributed by atoms with Gasteiger partial charge in [0.2, 0.25) is 0 Å². The van der Waals surface area contributed by atoms with Gasteiger partial charge in [0, 0.05) is 121 Å². The van der Waals surface area contributed by atoms with Gasteiger partial charge in [0.15, 0.2) is 16.1 Å². The van der Waals surface area contributed by atoms with Crippen LogP contribution in [0.25, 0.3) is 67.5 Å². The summed E-state index contributed by atoms with van der Waals surface area (Å²) in [5.74, 6) is 0. The van der Waals surface area contributed by atoms with Crippen molar-refractivity contribution in [3.63, 3.8) is 0 Å². The second-order valence-electron chi connectivity index (χ2n) is 20.5. The van der Waals surface area contributed by atoms with E-state index in [9.17, 15) is 0 Å². The molecule has 96 heavy (non-hydrogen) atoms. The molecule has 0 spiro atoms. The van der Waals surface area contributed by atoms with Crippen LogP contribution in [0.3, 0.4) is 0 Å². The monoisotopic (exact) mass is 1450 g/mol. The summed E-state index contributed by atoms with van der Waals surface area (Å²) in [5.41, 5.74) is 14.0. The molecule has 6 heterocycles. The van der Waals surface area contributed by atoms with Crippen LogP contribution in [0.5, 0.6) is 0 Å². The summed E-state index contributed by atoms with van der Waals surface area (Å²) >= 11 is 2.90. The van der Waals surface area contributed by atoms with Gasteiger partial charge in [0.1, 0.15) is 0 Å². The van der Waals surface area contributed by atoms with Crippen LogP contribution < -0.4 is 30.9 Å². The molecule has 0 saturated carbocycles. The van der Waals surface area contributed by atoms with Crippen LogP contribution in [-0.4, -0.2) is 62.0 Å². The van der Waals surface area contributed by atoms with Gasteiger partial charge >= 0.3 is 50.8 Å². The average Bonchev–Trinajstić information content (AvgIpc) is 1.01. The van der Waals surface area contributed by atoms with Gasteiger partial charge in [0.05, 0.1) is 0 Å². The fraction of sp³-hybridized carbons (Fsp3) is 0. The van der Waals surface area contributed by atoms with Crippen molar-refractivity contribution in [1.82, 2.24) is 29.9 Å². The molecule has 0 aliphatic heterocycles. The van der Waals surface area contributed by atoms with Crippen LogP contribution in [-0.2, 0) is 49.5 Å². The summed E-state index contributed by atoms with van der Waals surface area (Å²) in [5, 5.41) is 4.31. The van der Waals surface area contributed by atoms with Gasteiger partial charge in [-0.1, -0.05) is 284 Å². The molecule has 6 nitrogen and oxygen atoms in total. The molecule has 475 valence electrons. The van der Waals surface area contributed by atoms with E-state index in [2.05, 4.69) is 211 Å². The molecule has 15 aromatic rings. The molecular weight excluding hydrogens is 1390 g/mol. The van der Waals surface area contributed by atoms with Crippen LogP contribution in [0.1, 0.15) is 0 Å². The molecule has 0 atom stereocenters. The van der Waals surface area contributed by atoms with Crippen LogP contribution in [0.15, 0.2) is 383 Å². The standard InChI is InChI=1S/C18H15Si.3C16H11N2.C12H10B.C6H5Se.3Ni/c1-4-10-16(11-5-1)19(17-12-6-2-7-13-17)18-14-8-3-9-15-18;3*1-3-10-17-15(8-1)13-6-5-7-14(12-13)16-9-2-4-11-18-16;1-3-7-11(8-4-1)13-12-9-5-2-6-10-12;7-6-4-2-1-3-5-6;;;/h1-15H;3*1-11H;1-10H;1-5H;;;/q;3*-1;;;;;. The zero-order chi connectivity index (χ0) is 63.6. The van der Waals surface area contributed by atoms with Crippen molar-refractivity contribution >= 4 is 63.0 Å². The zero-order valence-electron chi connectivity index (χ0n) is 52.0. The van der Waals surface area contributed by atoms with Gasteiger partial charge in [0.25, 0.3) is 0 Å². The molecule has 6 aromatic heterocycles. The van der Waals surface area contributed by atoms with Gasteiger partial charge in [-0.25, -0.2) is 0 Å². The maximum Gasteiger partial charge on any atom is 0.154 e. The Bertz CT molecular complexity index is 3930. The largest absolute Gasteiger partial charge is 0.295 e. The molecule has 0 bridgehead atoms. The molecule has 0 amide bonds. The Kier molecular flexibility index (Phi) is 32.0. The van der Waals surface area contributed by atoms with Crippen LogP contribution in [0.4, 0.5) is 0 Å². The number of benzene rings is 9. The Morgan fingerprint density at radius 3 is 0.604 bits per heavy atom. The van der Waals surface area contributed by atoms with E-state index in [4.69, 9.17) is 0 Å². The molecule has 9 aromatic carbocycles. The van der Waals surface area contributed by atoms with E-state index in [-0.39, 0.29) is 49.5 Å². The van der Waals surface area contributed by atoms with Crippen molar-refractivity contribution in [2.45, 2.75) is 0 Å². The van der Waals surface area contributed by atoms with Crippen molar-refractivity contribution in [3.8, 4) is 67.5 Å². The molecule has 0 fully saturated rings. The Labute approximate surface area is 606 Å². The topological polar surface area (TPSA) is 77.3 Å². The summed E-state index contributed by atoms with van der Waals surface area (Å²) in [4.78, 5) is 26.0. The van der Waals surface area contributed by atoms with Gasteiger partial charge in [-0.3, -0.25) is 29.9 Å². The Morgan fingerprint density at radius 1 is 0.219 bits per heavy atom. The average molecular weight is 1450 g/mol. The first-order valence-corrected chi connectivity index (χ1v) is 32.7. The molecule has 3 radical (unpaired) electrons. The van der Waals surface area contributed by atoms with Crippen LogP contribution in [0.2, 0.25) is 0 Å². The van der Waals surface area contributed by atoms with E-state index < -0.39 is 8.80 Å². The van der Waals surface area contributed by atoms with Crippen LogP contribution >= 0.6 is 0 Å². The first-order chi connectivity index (χ1) is 46.1. The third-order valence-electron chi connectivity index (χ3n) is 13.9. The third-order valence-corrected chi connectivity index (χ3v) is 17.2. The quantitative estimate of drug-likeness (QED) is 0.0729. The normalized spacial score (nSPS) is 9.76. The van der Waals surface area contributed by atoms with E-state index in [0.717, 1.165) is 67.5 Å². The Hall–Kier alpha value is -9.84. The summed E-state index contributed by atoms with van der Waals surface area (Å²) in [6.07, 6.45) is 10.7. The zero-order valence-corrected chi connectivity index (χ0v) is 57.7. The molecule has 12 heteroatoms. The Morgan fingerprint density at radius 2 is 0.417 bits per heavy atom. The second-order valence-corrected chi connectivity index (χ2v) is 23.9. The summed E-state index contributed by atoms with van der Waals surface area (Å²) in [6.45, 7) is 0. The third kappa shape index (κ3) is 23.9. The molecule has 0 saturated heterocycles. The maximum atomic E-state index is 4.33. The number of pyridine rings is 6. The molecular formula is C84H63BN6Ni3SeSi-3. The molecule has 0 aliphatic rings. The predicted molar refractivity (Wildman–Crippen MR) is 389 cm³/mol. The fourth-order valence-corrected chi connectivity index (χ4v) is 12.4. The van der Waals surface area contributed by atoms with Gasteiger partial charge in [-0.2, -0.15) is 0 Å². The predicted octanol–water partition coefficient (Wildman–Crippen LogP) is 14.8. The molecule has 15 rings (SSSR count). The first-order valence-electron chi connectivity index (χ1n) is 30.4. The van der Waals surface area contributed by atoms with Crippen molar-refractivity contribution in [3.05, 3.63) is 401 Å². The van der Waals surface area contributed by atoms with E-state index >= 15 is 0 Å².